The molecule has 144 valence electrons. The van der Waals surface area contributed by atoms with Gasteiger partial charge in [-0.05, 0) is 49.8 Å². The maximum Gasteiger partial charge on any atom is 0.315 e. The van der Waals surface area contributed by atoms with Gasteiger partial charge in [-0.1, -0.05) is 30.3 Å². The Bertz CT molecular complexity index is 775. The van der Waals surface area contributed by atoms with Gasteiger partial charge in [-0.2, -0.15) is 0 Å². The van der Waals surface area contributed by atoms with E-state index in [2.05, 4.69) is 27.7 Å². The molecule has 0 fully saturated rings. The number of rotatable bonds is 6. The predicted octanol–water partition coefficient (Wildman–Crippen LogP) is 3.08. The number of carbonyl (C=O) groups is 1. The molecule has 0 saturated heterocycles. The molecule has 0 aromatic heterocycles. The highest BCUT2D eigenvalue weighted by molar-refractivity contribution is 5.74. The first-order valence-electron chi connectivity index (χ1n) is 9.18. The van der Waals surface area contributed by atoms with Gasteiger partial charge in [0.05, 0.1) is 6.04 Å². The largest absolute Gasteiger partial charge is 0.486 e. The van der Waals surface area contributed by atoms with Gasteiger partial charge in [-0.25, -0.2) is 4.79 Å². The molecule has 0 aliphatic carbocycles. The van der Waals surface area contributed by atoms with Crippen molar-refractivity contribution in [2.45, 2.75) is 26.1 Å². The van der Waals surface area contributed by atoms with Crippen LogP contribution in [0.15, 0.2) is 42.5 Å². The van der Waals surface area contributed by atoms with Crippen LogP contribution in [-0.2, 0) is 13.1 Å². The van der Waals surface area contributed by atoms with Crippen LogP contribution in [0.25, 0.3) is 0 Å². The molecule has 3 rings (SSSR count). The second-order valence-electron chi connectivity index (χ2n) is 7.01. The normalized spacial score (nSPS) is 13.9. The summed E-state index contributed by atoms with van der Waals surface area (Å²) in [5, 5.41) is 5.86. The first-order valence-corrected chi connectivity index (χ1v) is 9.18. The van der Waals surface area contributed by atoms with Gasteiger partial charge in [0.15, 0.2) is 11.5 Å². The van der Waals surface area contributed by atoms with Crippen LogP contribution in [0.5, 0.6) is 11.5 Å². The van der Waals surface area contributed by atoms with E-state index in [-0.39, 0.29) is 12.1 Å². The Kier molecular flexibility index (Phi) is 6.19. The summed E-state index contributed by atoms with van der Waals surface area (Å²) in [7, 11) is 4.09. The lowest BCUT2D eigenvalue weighted by atomic mass is 10.1. The Morgan fingerprint density at radius 2 is 1.70 bits per heavy atom. The molecule has 6 heteroatoms. The Labute approximate surface area is 160 Å². The summed E-state index contributed by atoms with van der Waals surface area (Å²) in [5.74, 6) is 1.48. The van der Waals surface area contributed by atoms with Crippen LogP contribution in [0, 0.1) is 0 Å². The SMILES string of the molecule is CC(NC(=O)NCc1ccc(CN(C)C)cc1)c1ccc2c(c1)OCCO2. The summed E-state index contributed by atoms with van der Waals surface area (Å²) >= 11 is 0. The second-order valence-corrected chi connectivity index (χ2v) is 7.01. The highest BCUT2D eigenvalue weighted by Crippen LogP contribution is 2.32. The standard InChI is InChI=1S/C21H27N3O3/c1-15(18-8-9-19-20(12-18)27-11-10-26-19)23-21(25)22-13-16-4-6-17(7-5-16)14-24(2)3/h4-9,12,15H,10-11,13-14H2,1-3H3,(H2,22,23,25). The maximum absolute atomic E-state index is 12.2. The Morgan fingerprint density at radius 3 is 2.41 bits per heavy atom. The minimum atomic E-state index is -0.199. The zero-order chi connectivity index (χ0) is 19.2. The van der Waals surface area contributed by atoms with Gasteiger partial charge < -0.3 is 25.0 Å². The third-order valence-corrected chi connectivity index (χ3v) is 4.39. The number of ether oxygens (including phenoxy) is 2. The van der Waals surface area contributed by atoms with E-state index < -0.39 is 0 Å². The maximum atomic E-state index is 12.2. The van der Waals surface area contributed by atoms with Crippen LogP contribution in [0.3, 0.4) is 0 Å². The lowest BCUT2D eigenvalue weighted by molar-refractivity contribution is 0.171. The second kappa shape index (κ2) is 8.77. The summed E-state index contributed by atoms with van der Waals surface area (Å²) in [6.07, 6.45) is 0. The molecule has 0 saturated carbocycles. The van der Waals surface area contributed by atoms with E-state index in [1.165, 1.54) is 5.56 Å². The number of hydrogen-bond donors (Lipinski definition) is 2. The Morgan fingerprint density at radius 1 is 1.04 bits per heavy atom. The van der Waals surface area contributed by atoms with Crippen LogP contribution < -0.4 is 20.1 Å². The third-order valence-electron chi connectivity index (χ3n) is 4.39. The molecule has 0 spiro atoms. The van der Waals surface area contributed by atoms with Crippen molar-refractivity contribution >= 4 is 6.03 Å². The summed E-state index contributed by atoms with van der Waals surface area (Å²) in [6.45, 7) is 4.45. The molecule has 1 aliphatic heterocycles. The number of benzene rings is 2. The number of urea groups is 1. The van der Waals surface area contributed by atoms with Crippen LogP contribution in [0.4, 0.5) is 4.79 Å². The van der Waals surface area contributed by atoms with Crippen LogP contribution in [0.2, 0.25) is 0 Å². The average molecular weight is 369 g/mol. The molecule has 1 atom stereocenters. The number of hydrogen-bond acceptors (Lipinski definition) is 4. The number of carbonyl (C=O) groups excluding carboxylic acids is 1. The molecule has 2 N–H and O–H groups in total. The van der Waals surface area contributed by atoms with E-state index in [4.69, 9.17) is 9.47 Å². The molecular formula is C21H27N3O3. The van der Waals surface area contributed by atoms with Crippen molar-refractivity contribution in [3.05, 3.63) is 59.2 Å². The Hall–Kier alpha value is -2.73. The van der Waals surface area contributed by atoms with E-state index in [9.17, 15) is 4.79 Å². The average Bonchev–Trinajstić information content (AvgIpc) is 2.66. The number of amides is 2. The van der Waals surface area contributed by atoms with E-state index in [0.29, 0.717) is 19.8 Å². The first kappa shape index (κ1) is 19.0. The molecule has 6 nitrogen and oxygen atoms in total. The monoisotopic (exact) mass is 369 g/mol. The van der Waals surface area contributed by atoms with Gasteiger partial charge in [-0.15, -0.1) is 0 Å². The lowest BCUT2D eigenvalue weighted by Gasteiger charge is -2.21. The van der Waals surface area contributed by atoms with E-state index in [1.54, 1.807) is 0 Å². The molecule has 1 aliphatic rings. The van der Waals surface area contributed by atoms with E-state index in [0.717, 1.165) is 29.2 Å². The molecule has 0 bridgehead atoms. The molecule has 1 unspecified atom stereocenters. The molecular weight excluding hydrogens is 342 g/mol. The smallest absolute Gasteiger partial charge is 0.315 e. The molecule has 2 aromatic carbocycles. The minimum absolute atomic E-state index is 0.136. The molecule has 0 radical (unpaired) electrons. The van der Waals surface area contributed by atoms with Gasteiger partial charge >= 0.3 is 6.03 Å². The fourth-order valence-electron chi connectivity index (χ4n) is 2.97. The van der Waals surface area contributed by atoms with Crippen molar-refractivity contribution in [2.75, 3.05) is 27.3 Å². The van der Waals surface area contributed by atoms with Crippen molar-refractivity contribution < 1.29 is 14.3 Å². The van der Waals surface area contributed by atoms with Crippen molar-refractivity contribution in [1.82, 2.24) is 15.5 Å². The minimum Gasteiger partial charge on any atom is -0.486 e. The van der Waals surface area contributed by atoms with Crippen molar-refractivity contribution in [1.29, 1.82) is 0 Å². The molecule has 27 heavy (non-hydrogen) atoms. The number of nitrogens with zero attached hydrogens (tertiary/aromatic N) is 1. The van der Waals surface area contributed by atoms with Gasteiger partial charge in [0.1, 0.15) is 13.2 Å². The molecule has 1 heterocycles. The predicted molar refractivity (Wildman–Crippen MR) is 105 cm³/mol. The van der Waals surface area contributed by atoms with Crippen LogP contribution in [-0.4, -0.2) is 38.2 Å². The van der Waals surface area contributed by atoms with Gasteiger partial charge in [0.25, 0.3) is 0 Å². The first-order chi connectivity index (χ1) is 13.0. The zero-order valence-electron chi connectivity index (χ0n) is 16.1. The van der Waals surface area contributed by atoms with Crippen molar-refractivity contribution in [3.63, 3.8) is 0 Å². The topological polar surface area (TPSA) is 62.8 Å². The molecule has 2 amide bonds. The van der Waals surface area contributed by atoms with Crippen LogP contribution >= 0.6 is 0 Å². The lowest BCUT2D eigenvalue weighted by Crippen LogP contribution is -2.36. The highest BCUT2D eigenvalue weighted by atomic mass is 16.6. The van der Waals surface area contributed by atoms with E-state index >= 15 is 0 Å². The van der Waals surface area contributed by atoms with Gasteiger partial charge in [0, 0.05) is 13.1 Å². The van der Waals surface area contributed by atoms with Crippen molar-refractivity contribution in [3.8, 4) is 11.5 Å². The quantitative estimate of drug-likeness (QED) is 0.821. The Balaban J connectivity index is 1.50. The number of nitrogens with one attached hydrogen (secondary N) is 2. The van der Waals surface area contributed by atoms with Gasteiger partial charge in [0.2, 0.25) is 0 Å². The summed E-state index contributed by atoms with van der Waals surface area (Å²) in [6, 6.07) is 13.7. The van der Waals surface area contributed by atoms with Crippen LogP contribution in [0.1, 0.15) is 29.7 Å². The fraction of sp³-hybridized carbons (Fsp3) is 0.381. The zero-order valence-corrected chi connectivity index (χ0v) is 16.1. The number of fused-ring (bicyclic) bond motifs is 1. The van der Waals surface area contributed by atoms with E-state index in [1.807, 2.05) is 51.4 Å². The third kappa shape index (κ3) is 5.37. The van der Waals surface area contributed by atoms with Gasteiger partial charge in [-0.3, -0.25) is 0 Å². The highest BCUT2D eigenvalue weighted by Gasteiger charge is 2.15. The van der Waals surface area contributed by atoms with Crippen molar-refractivity contribution in [2.24, 2.45) is 0 Å². The summed E-state index contributed by atoms with van der Waals surface area (Å²) < 4.78 is 11.1. The summed E-state index contributed by atoms with van der Waals surface area (Å²) in [5.41, 5.74) is 3.29. The fourth-order valence-corrected chi connectivity index (χ4v) is 2.97. The summed E-state index contributed by atoms with van der Waals surface area (Å²) in [4.78, 5) is 14.3. The molecule has 2 aromatic rings.